The highest BCUT2D eigenvalue weighted by atomic mass is 16.5. The Kier molecular flexibility index (Phi) is 10.8. The third kappa shape index (κ3) is 12.6. The lowest BCUT2D eigenvalue weighted by atomic mass is 9.76. The fraction of sp³-hybridized carbons (Fsp3) is 0.704. The molecule has 4 nitrogen and oxygen atoms in total. The van der Waals surface area contributed by atoms with Crippen LogP contribution in [0.3, 0.4) is 0 Å². The molecule has 0 aliphatic heterocycles. The average molecular weight is 432 g/mol. The summed E-state index contributed by atoms with van der Waals surface area (Å²) >= 11 is 0. The molecule has 0 bridgehead atoms. The molecule has 1 N–H and O–H groups in total. The molecule has 0 radical (unpaired) electrons. The van der Waals surface area contributed by atoms with Gasteiger partial charge in [-0.15, -0.1) is 0 Å². The molecule has 31 heavy (non-hydrogen) atoms. The lowest BCUT2D eigenvalue weighted by Gasteiger charge is -2.30. The molecule has 1 aromatic rings. The van der Waals surface area contributed by atoms with Crippen LogP contribution >= 0.6 is 0 Å². The second-order valence-electron chi connectivity index (χ2n) is 11.7. The van der Waals surface area contributed by atoms with Gasteiger partial charge in [-0.1, -0.05) is 85.7 Å². The summed E-state index contributed by atoms with van der Waals surface area (Å²) in [5.41, 5.74) is 1.38. The highest BCUT2D eigenvalue weighted by Gasteiger charge is 2.29. The first kappa shape index (κ1) is 27.2. The van der Waals surface area contributed by atoms with Crippen molar-refractivity contribution in [1.82, 2.24) is 5.32 Å². The number of hydrogen-bond donors (Lipinski definition) is 1. The summed E-state index contributed by atoms with van der Waals surface area (Å²) in [5, 5.41) is 2.84. The van der Waals surface area contributed by atoms with Crippen LogP contribution in [0.2, 0.25) is 0 Å². The van der Waals surface area contributed by atoms with Gasteiger partial charge in [-0.3, -0.25) is 9.59 Å². The average Bonchev–Trinajstić information content (AvgIpc) is 2.62. The van der Waals surface area contributed by atoms with Crippen molar-refractivity contribution in [1.29, 1.82) is 0 Å². The third-order valence-electron chi connectivity index (χ3n) is 5.54. The molecule has 0 spiro atoms. The molecule has 1 amide bonds. The van der Waals surface area contributed by atoms with E-state index in [4.69, 9.17) is 4.74 Å². The van der Waals surface area contributed by atoms with Gasteiger partial charge in [0.15, 0.2) is 0 Å². The molecule has 0 heterocycles. The van der Waals surface area contributed by atoms with Gasteiger partial charge in [0.1, 0.15) is 13.2 Å². The van der Waals surface area contributed by atoms with Crippen molar-refractivity contribution in [2.24, 2.45) is 28.6 Å². The number of nitrogens with one attached hydrogen (secondary N) is 1. The molecule has 0 saturated carbocycles. The maximum atomic E-state index is 13.0. The Bertz CT molecular complexity index is 670. The number of carbonyl (C=O) groups excluding carboxylic acids is 2. The lowest BCUT2D eigenvalue weighted by molar-refractivity contribution is -0.145. The van der Waals surface area contributed by atoms with E-state index in [1.54, 1.807) is 0 Å². The molecule has 1 rings (SSSR count). The van der Waals surface area contributed by atoms with Crippen molar-refractivity contribution >= 4 is 11.9 Å². The second-order valence-corrected chi connectivity index (χ2v) is 11.7. The molecule has 0 aliphatic carbocycles. The first-order valence-corrected chi connectivity index (χ1v) is 11.7. The van der Waals surface area contributed by atoms with E-state index in [1.807, 2.05) is 30.3 Å². The Hall–Kier alpha value is -1.84. The Morgan fingerprint density at radius 1 is 0.903 bits per heavy atom. The molecule has 4 heteroatoms. The minimum Gasteiger partial charge on any atom is -0.460 e. The predicted molar refractivity (Wildman–Crippen MR) is 128 cm³/mol. The zero-order valence-electron chi connectivity index (χ0n) is 21.1. The molecule has 3 atom stereocenters. The zero-order chi connectivity index (χ0) is 23.7. The van der Waals surface area contributed by atoms with Crippen LogP contribution in [-0.4, -0.2) is 18.4 Å². The topological polar surface area (TPSA) is 55.4 Å². The van der Waals surface area contributed by atoms with Crippen LogP contribution in [0.5, 0.6) is 0 Å². The van der Waals surface area contributed by atoms with Crippen LogP contribution in [0, 0.1) is 28.6 Å². The largest absolute Gasteiger partial charge is 0.460 e. The number of hydrogen-bond acceptors (Lipinski definition) is 3. The normalized spacial score (nSPS) is 15.1. The van der Waals surface area contributed by atoms with Crippen LogP contribution in [-0.2, 0) is 20.9 Å². The van der Waals surface area contributed by atoms with Crippen LogP contribution in [0.15, 0.2) is 30.3 Å². The molecule has 1 aromatic carbocycles. The number of ether oxygens (including phenoxy) is 1. The maximum absolute atomic E-state index is 13.0. The fourth-order valence-electron chi connectivity index (χ4n) is 4.47. The van der Waals surface area contributed by atoms with Gasteiger partial charge in [0.2, 0.25) is 5.91 Å². The van der Waals surface area contributed by atoms with Crippen molar-refractivity contribution in [3.63, 3.8) is 0 Å². The van der Waals surface area contributed by atoms with Crippen LogP contribution in [0.4, 0.5) is 0 Å². The van der Waals surface area contributed by atoms with E-state index in [2.05, 4.69) is 60.7 Å². The monoisotopic (exact) mass is 431 g/mol. The van der Waals surface area contributed by atoms with Crippen LogP contribution in [0.25, 0.3) is 0 Å². The van der Waals surface area contributed by atoms with Gasteiger partial charge in [0.05, 0.1) is 0 Å². The first-order chi connectivity index (χ1) is 14.3. The summed E-state index contributed by atoms with van der Waals surface area (Å²) in [4.78, 5) is 25.2. The Morgan fingerprint density at radius 2 is 1.48 bits per heavy atom. The van der Waals surface area contributed by atoms with Crippen LogP contribution < -0.4 is 5.32 Å². The first-order valence-electron chi connectivity index (χ1n) is 11.7. The molecule has 0 fully saturated rings. The van der Waals surface area contributed by atoms with Gasteiger partial charge >= 0.3 is 5.97 Å². The summed E-state index contributed by atoms with van der Waals surface area (Å²) < 4.78 is 5.30. The fourth-order valence-corrected chi connectivity index (χ4v) is 4.47. The summed E-state index contributed by atoms with van der Waals surface area (Å²) in [5.74, 6) is 0.288. The quantitative estimate of drug-likeness (QED) is 0.413. The van der Waals surface area contributed by atoms with Gasteiger partial charge in [0, 0.05) is 5.92 Å². The van der Waals surface area contributed by atoms with Gasteiger partial charge in [-0.05, 0) is 53.9 Å². The van der Waals surface area contributed by atoms with Gasteiger partial charge in [0.25, 0.3) is 0 Å². The van der Waals surface area contributed by atoms with Crippen LogP contribution in [0.1, 0.15) is 86.6 Å². The standard InChI is InChI=1S/C27H45NO3/c1-20(16-26(3,4)5)14-15-23(21(2)17-27(6,7)8)25(30)28-18-24(29)31-19-22-12-10-9-11-13-22/h9-13,20-21,23H,14-19H2,1-8H3,(H,28,30). The number of amides is 1. The van der Waals surface area contributed by atoms with Crippen molar-refractivity contribution in [2.75, 3.05) is 6.54 Å². The zero-order valence-corrected chi connectivity index (χ0v) is 21.1. The van der Waals surface area contributed by atoms with Gasteiger partial charge in [-0.2, -0.15) is 0 Å². The Labute approximate surface area is 190 Å². The van der Waals surface area contributed by atoms with Crippen molar-refractivity contribution in [3.05, 3.63) is 35.9 Å². The molecule has 0 aromatic heterocycles. The van der Waals surface area contributed by atoms with E-state index in [1.165, 1.54) is 0 Å². The maximum Gasteiger partial charge on any atom is 0.325 e. The minimum absolute atomic E-state index is 0.0311. The summed E-state index contributed by atoms with van der Waals surface area (Å²) in [6, 6.07) is 9.57. The van der Waals surface area contributed by atoms with E-state index in [0.717, 1.165) is 31.2 Å². The highest BCUT2D eigenvalue weighted by Crippen LogP contribution is 2.33. The minimum atomic E-state index is -0.402. The third-order valence-corrected chi connectivity index (χ3v) is 5.54. The summed E-state index contributed by atoms with van der Waals surface area (Å²) in [6.45, 7) is 18.0. The molecular weight excluding hydrogens is 386 g/mol. The number of esters is 1. The Morgan fingerprint density at radius 3 is 2.03 bits per heavy atom. The van der Waals surface area contributed by atoms with E-state index in [0.29, 0.717) is 5.92 Å². The SMILES string of the molecule is CC(CCC(C(=O)NCC(=O)OCc1ccccc1)C(C)CC(C)(C)C)CC(C)(C)C. The molecule has 0 saturated heterocycles. The van der Waals surface area contributed by atoms with E-state index >= 15 is 0 Å². The predicted octanol–water partition coefficient (Wildman–Crippen LogP) is 6.39. The van der Waals surface area contributed by atoms with Gasteiger partial charge < -0.3 is 10.1 Å². The number of benzene rings is 1. The van der Waals surface area contributed by atoms with Crippen molar-refractivity contribution in [3.8, 4) is 0 Å². The number of carbonyl (C=O) groups is 2. The van der Waals surface area contributed by atoms with Crippen molar-refractivity contribution in [2.45, 2.75) is 87.7 Å². The van der Waals surface area contributed by atoms with Gasteiger partial charge in [-0.25, -0.2) is 0 Å². The van der Waals surface area contributed by atoms with E-state index < -0.39 is 5.97 Å². The van der Waals surface area contributed by atoms with Crippen molar-refractivity contribution < 1.29 is 14.3 Å². The molecule has 3 unspecified atom stereocenters. The lowest BCUT2D eigenvalue weighted by Crippen LogP contribution is -2.38. The second kappa shape index (κ2) is 12.3. The highest BCUT2D eigenvalue weighted by molar-refractivity contribution is 5.83. The summed E-state index contributed by atoms with van der Waals surface area (Å²) in [7, 11) is 0. The smallest absolute Gasteiger partial charge is 0.325 e. The van der Waals surface area contributed by atoms with E-state index in [9.17, 15) is 9.59 Å². The molecule has 0 aliphatic rings. The molecule has 176 valence electrons. The number of rotatable bonds is 11. The van der Waals surface area contributed by atoms with E-state index in [-0.39, 0.29) is 41.7 Å². The summed E-state index contributed by atoms with van der Waals surface area (Å²) in [6.07, 6.45) is 3.97. The Balaban J connectivity index is 2.63. The molecular formula is C27H45NO3.